The lowest BCUT2D eigenvalue weighted by Gasteiger charge is -2.24. The minimum atomic E-state index is -0.531. The molecule has 0 unspecified atom stereocenters. The van der Waals surface area contributed by atoms with Crippen molar-refractivity contribution in [1.82, 2.24) is 5.32 Å². The van der Waals surface area contributed by atoms with Crippen LogP contribution in [0.25, 0.3) is 0 Å². The molecule has 2 heterocycles. The van der Waals surface area contributed by atoms with E-state index in [0.29, 0.717) is 4.88 Å². The van der Waals surface area contributed by atoms with Gasteiger partial charge in [0.1, 0.15) is 0 Å². The van der Waals surface area contributed by atoms with E-state index >= 15 is 0 Å². The fourth-order valence-electron chi connectivity index (χ4n) is 3.60. The molecule has 158 valence electrons. The fourth-order valence-corrected chi connectivity index (χ4v) is 4.24. The summed E-state index contributed by atoms with van der Waals surface area (Å²) in [4.78, 5) is 39.4. The number of nitrogens with one attached hydrogen (secondary N) is 1. The molecule has 2 aromatic carbocycles. The van der Waals surface area contributed by atoms with Crippen molar-refractivity contribution in [2.24, 2.45) is 0 Å². The van der Waals surface area contributed by atoms with E-state index in [4.69, 9.17) is 4.74 Å². The summed E-state index contributed by atoms with van der Waals surface area (Å²) in [7, 11) is 0. The monoisotopic (exact) mass is 434 g/mol. The Morgan fingerprint density at radius 2 is 1.55 bits per heavy atom. The molecule has 2 amide bonds. The Bertz CT molecular complexity index is 1050. The van der Waals surface area contributed by atoms with E-state index in [1.54, 1.807) is 17.0 Å². The number of amides is 2. The van der Waals surface area contributed by atoms with Gasteiger partial charge in [-0.2, -0.15) is 0 Å². The zero-order valence-electron chi connectivity index (χ0n) is 16.9. The number of anilines is 2. The zero-order valence-corrected chi connectivity index (χ0v) is 17.7. The van der Waals surface area contributed by atoms with Gasteiger partial charge in [-0.3, -0.25) is 19.3 Å². The van der Waals surface area contributed by atoms with Crippen molar-refractivity contribution in [3.63, 3.8) is 0 Å². The molecule has 0 aliphatic carbocycles. The van der Waals surface area contributed by atoms with Crippen molar-refractivity contribution in [3.05, 3.63) is 82.0 Å². The lowest BCUT2D eigenvalue weighted by molar-refractivity contribution is -0.147. The number of hydrogen-bond donors (Lipinski definition) is 1. The van der Waals surface area contributed by atoms with Gasteiger partial charge in [0, 0.05) is 6.54 Å². The Morgan fingerprint density at radius 3 is 2.16 bits per heavy atom. The molecule has 7 heteroatoms. The number of carbonyl (C=O) groups excluding carboxylic acids is 3. The highest BCUT2D eigenvalue weighted by atomic mass is 32.1. The van der Waals surface area contributed by atoms with Crippen LogP contribution in [0, 0.1) is 0 Å². The van der Waals surface area contributed by atoms with Crippen molar-refractivity contribution in [2.75, 3.05) is 18.1 Å². The number of benzene rings is 2. The van der Waals surface area contributed by atoms with E-state index < -0.39 is 5.97 Å². The molecule has 1 aromatic heterocycles. The number of nitrogens with zero attached hydrogens (tertiary/aromatic N) is 1. The van der Waals surface area contributed by atoms with Crippen molar-refractivity contribution >= 4 is 40.5 Å². The molecule has 0 spiro atoms. The molecular formula is C24H22N2O4S. The number of esters is 1. The predicted octanol–water partition coefficient (Wildman–Crippen LogP) is 3.87. The zero-order chi connectivity index (χ0) is 21.6. The van der Waals surface area contributed by atoms with Gasteiger partial charge in [-0.1, -0.05) is 42.5 Å². The number of hydrogen-bond acceptors (Lipinski definition) is 5. The molecule has 4 rings (SSSR count). The van der Waals surface area contributed by atoms with Gasteiger partial charge in [-0.25, -0.2) is 0 Å². The van der Waals surface area contributed by atoms with Gasteiger partial charge >= 0.3 is 5.97 Å². The highest BCUT2D eigenvalue weighted by Crippen LogP contribution is 2.35. The molecule has 0 atom stereocenters. The number of rotatable bonds is 6. The quantitative estimate of drug-likeness (QED) is 0.598. The maximum absolute atomic E-state index is 13.1. The molecule has 31 heavy (non-hydrogen) atoms. The average Bonchev–Trinajstić information content (AvgIpc) is 3.27. The van der Waals surface area contributed by atoms with Gasteiger partial charge < -0.3 is 10.1 Å². The van der Waals surface area contributed by atoms with E-state index in [1.165, 1.54) is 11.3 Å². The number of aryl methyl sites for hydroxylation is 2. The molecule has 0 fully saturated rings. The summed E-state index contributed by atoms with van der Waals surface area (Å²) < 4.78 is 5.22. The highest BCUT2D eigenvalue weighted by molar-refractivity contribution is 7.12. The molecular weight excluding hydrogens is 412 g/mol. The summed E-state index contributed by atoms with van der Waals surface area (Å²) in [6.07, 6.45) is 1.67. The molecule has 6 nitrogen and oxygen atoms in total. The number of thiophene rings is 1. The summed E-state index contributed by atoms with van der Waals surface area (Å²) in [6, 6.07) is 19.1. The van der Waals surface area contributed by atoms with Gasteiger partial charge in [-0.05, 0) is 47.5 Å². The van der Waals surface area contributed by atoms with Crippen LogP contribution in [0.5, 0.6) is 0 Å². The van der Waals surface area contributed by atoms with Crippen molar-refractivity contribution in [1.29, 1.82) is 0 Å². The van der Waals surface area contributed by atoms with Gasteiger partial charge in [0.2, 0.25) is 0 Å². The highest BCUT2D eigenvalue weighted by Gasteiger charge is 2.26. The van der Waals surface area contributed by atoms with E-state index in [2.05, 4.69) is 5.32 Å². The summed E-state index contributed by atoms with van der Waals surface area (Å²) in [5.41, 5.74) is 3.79. The number of ether oxygens (including phenoxy) is 1. The Labute approximate surface area is 184 Å². The Kier molecular flexibility index (Phi) is 6.43. The topological polar surface area (TPSA) is 75.7 Å². The van der Waals surface area contributed by atoms with Gasteiger partial charge in [-0.15, -0.1) is 11.3 Å². The first kappa shape index (κ1) is 20.8. The SMILES string of the molecule is O=C(CCNC(=O)c1cccs1)OCC(=O)N1c2ccccc2CCc2ccccc21. The third kappa shape index (κ3) is 4.83. The summed E-state index contributed by atoms with van der Waals surface area (Å²) in [5.74, 6) is -1.06. The smallest absolute Gasteiger partial charge is 0.308 e. The first-order valence-electron chi connectivity index (χ1n) is 10.1. The third-order valence-electron chi connectivity index (χ3n) is 5.09. The van der Waals surface area contributed by atoms with Crippen LogP contribution in [-0.2, 0) is 27.2 Å². The number of para-hydroxylation sites is 2. The lowest BCUT2D eigenvalue weighted by atomic mass is 10.0. The molecule has 0 radical (unpaired) electrons. The van der Waals surface area contributed by atoms with E-state index in [1.807, 2.05) is 53.9 Å². The molecule has 1 aliphatic heterocycles. The van der Waals surface area contributed by atoms with Gasteiger partial charge in [0.15, 0.2) is 6.61 Å². The second-order valence-electron chi connectivity index (χ2n) is 7.13. The number of fused-ring (bicyclic) bond motifs is 2. The Balaban J connectivity index is 1.38. The number of carbonyl (C=O) groups is 3. The largest absolute Gasteiger partial charge is 0.455 e. The molecule has 0 saturated carbocycles. The van der Waals surface area contributed by atoms with Crippen LogP contribution in [0.3, 0.4) is 0 Å². The van der Waals surface area contributed by atoms with Crippen LogP contribution in [0.1, 0.15) is 27.2 Å². The van der Waals surface area contributed by atoms with Crippen molar-refractivity contribution in [2.45, 2.75) is 19.3 Å². The van der Waals surface area contributed by atoms with Crippen molar-refractivity contribution in [3.8, 4) is 0 Å². The van der Waals surface area contributed by atoms with Crippen LogP contribution < -0.4 is 10.2 Å². The molecule has 0 saturated heterocycles. The van der Waals surface area contributed by atoms with E-state index in [0.717, 1.165) is 35.3 Å². The summed E-state index contributed by atoms with van der Waals surface area (Å²) in [6.45, 7) is -0.209. The van der Waals surface area contributed by atoms with Gasteiger partial charge in [0.05, 0.1) is 22.7 Å². The van der Waals surface area contributed by atoms with Crippen LogP contribution in [0.4, 0.5) is 11.4 Å². The summed E-state index contributed by atoms with van der Waals surface area (Å²) in [5, 5.41) is 4.49. The van der Waals surface area contributed by atoms with E-state index in [9.17, 15) is 14.4 Å². The minimum absolute atomic E-state index is 0.00241. The maximum Gasteiger partial charge on any atom is 0.308 e. The molecule has 1 N–H and O–H groups in total. The third-order valence-corrected chi connectivity index (χ3v) is 5.96. The molecule has 0 bridgehead atoms. The van der Waals surface area contributed by atoms with Crippen LogP contribution in [0.15, 0.2) is 66.0 Å². The van der Waals surface area contributed by atoms with Crippen molar-refractivity contribution < 1.29 is 19.1 Å². The molecule has 3 aromatic rings. The van der Waals surface area contributed by atoms with Crippen LogP contribution in [-0.4, -0.2) is 30.9 Å². The fraction of sp³-hybridized carbons (Fsp3) is 0.208. The summed E-state index contributed by atoms with van der Waals surface area (Å²) >= 11 is 1.33. The normalized spacial score (nSPS) is 12.3. The Morgan fingerprint density at radius 1 is 0.903 bits per heavy atom. The average molecular weight is 435 g/mol. The first-order valence-corrected chi connectivity index (χ1v) is 11.0. The predicted molar refractivity (Wildman–Crippen MR) is 120 cm³/mol. The Hall–Kier alpha value is -3.45. The van der Waals surface area contributed by atoms with E-state index in [-0.39, 0.29) is 31.4 Å². The van der Waals surface area contributed by atoms with Crippen LogP contribution >= 0.6 is 11.3 Å². The standard InChI is InChI=1S/C24H22N2O4S/c27-22(16-30-23(28)13-14-25-24(29)21-10-5-15-31-21)26-19-8-3-1-6-17(19)11-12-18-7-2-4-9-20(18)26/h1-10,15H,11-14,16H2,(H,25,29). The second-order valence-corrected chi connectivity index (χ2v) is 8.08. The first-order chi connectivity index (χ1) is 15.1. The lowest BCUT2D eigenvalue weighted by Crippen LogP contribution is -2.32. The van der Waals surface area contributed by atoms with Crippen LogP contribution in [0.2, 0.25) is 0 Å². The van der Waals surface area contributed by atoms with Gasteiger partial charge in [0.25, 0.3) is 11.8 Å². The minimum Gasteiger partial charge on any atom is -0.455 e. The second kappa shape index (κ2) is 9.57. The maximum atomic E-state index is 13.1. The molecule has 1 aliphatic rings.